The Morgan fingerprint density at radius 2 is 2.00 bits per heavy atom. The second-order valence-corrected chi connectivity index (χ2v) is 6.28. The molecule has 17 heavy (non-hydrogen) atoms. The lowest BCUT2D eigenvalue weighted by Gasteiger charge is -2.40. The number of aryl methyl sites for hydroxylation is 2. The molecule has 1 aliphatic rings. The Kier molecular flexibility index (Phi) is 3.85. The molecule has 2 heterocycles. The Balaban J connectivity index is 2.27. The van der Waals surface area contributed by atoms with E-state index in [-0.39, 0.29) is 5.54 Å². The smallest absolute Gasteiger partial charge is 0.113 e. The molecule has 1 aromatic heterocycles. The fraction of sp³-hybridized carbons (Fsp3) is 0.769. The van der Waals surface area contributed by atoms with Crippen LogP contribution in [0.3, 0.4) is 0 Å². The molecule has 0 aromatic carbocycles. The third-order valence-electron chi connectivity index (χ3n) is 3.79. The molecule has 0 saturated carbocycles. The van der Waals surface area contributed by atoms with Gasteiger partial charge in [0.1, 0.15) is 5.01 Å². The van der Waals surface area contributed by atoms with Gasteiger partial charge in [0.15, 0.2) is 0 Å². The summed E-state index contributed by atoms with van der Waals surface area (Å²) in [7, 11) is 2.20. The summed E-state index contributed by atoms with van der Waals surface area (Å²) in [6.07, 6.45) is 2.34. The fourth-order valence-electron chi connectivity index (χ4n) is 2.48. The van der Waals surface area contributed by atoms with Gasteiger partial charge in [-0.2, -0.15) is 0 Å². The Morgan fingerprint density at radius 1 is 1.35 bits per heavy atom. The minimum atomic E-state index is 0.130. The summed E-state index contributed by atoms with van der Waals surface area (Å²) in [6, 6.07) is 0. The summed E-state index contributed by atoms with van der Waals surface area (Å²) >= 11 is 1.87. The minimum absolute atomic E-state index is 0.130. The number of likely N-dealkylation sites (tertiary alicyclic amines) is 1. The number of piperidine rings is 1. The minimum Gasteiger partial charge on any atom is -0.306 e. The summed E-state index contributed by atoms with van der Waals surface area (Å²) in [5.74, 6) is 0. The molecule has 96 valence electrons. The molecule has 0 radical (unpaired) electrons. The Morgan fingerprint density at radius 3 is 2.47 bits per heavy atom. The van der Waals surface area contributed by atoms with Crippen LogP contribution in [0, 0.1) is 13.8 Å². The maximum Gasteiger partial charge on any atom is 0.113 e. The van der Waals surface area contributed by atoms with Crippen LogP contribution in [0.15, 0.2) is 0 Å². The van der Waals surface area contributed by atoms with Crippen molar-refractivity contribution in [3.05, 3.63) is 15.6 Å². The van der Waals surface area contributed by atoms with Crippen molar-refractivity contribution in [1.29, 1.82) is 0 Å². The summed E-state index contributed by atoms with van der Waals surface area (Å²) in [5.41, 5.74) is 1.33. The molecule has 3 nitrogen and oxygen atoms in total. The van der Waals surface area contributed by atoms with Crippen molar-refractivity contribution in [2.75, 3.05) is 26.7 Å². The lowest BCUT2D eigenvalue weighted by molar-refractivity contribution is 0.158. The van der Waals surface area contributed by atoms with Crippen molar-refractivity contribution in [1.82, 2.24) is 15.2 Å². The van der Waals surface area contributed by atoms with E-state index in [9.17, 15) is 0 Å². The molecular formula is C13H23N3S. The van der Waals surface area contributed by atoms with Crippen molar-refractivity contribution in [2.45, 2.75) is 39.2 Å². The zero-order chi connectivity index (χ0) is 12.5. The highest BCUT2D eigenvalue weighted by Gasteiger charge is 2.37. The first kappa shape index (κ1) is 13.0. The number of nitrogens with zero attached hydrogens (tertiary/aromatic N) is 2. The van der Waals surface area contributed by atoms with Crippen molar-refractivity contribution in [2.24, 2.45) is 0 Å². The molecule has 1 N–H and O–H groups in total. The van der Waals surface area contributed by atoms with Gasteiger partial charge in [-0.05, 0) is 40.3 Å². The van der Waals surface area contributed by atoms with Gasteiger partial charge in [-0.3, -0.25) is 0 Å². The first-order valence-electron chi connectivity index (χ1n) is 6.45. The third-order valence-corrected chi connectivity index (χ3v) is 5.07. The van der Waals surface area contributed by atoms with Gasteiger partial charge >= 0.3 is 0 Å². The van der Waals surface area contributed by atoms with Crippen LogP contribution in [-0.4, -0.2) is 36.6 Å². The van der Waals surface area contributed by atoms with Crippen molar-refractivity contribution < 1.29 is 0 Å². The number of hydrogen-bond acceptors (Lipinski definition) is 4. The number of aromatic nitrogens is 1. The van der Waals surface area contributed by atoms with Crippen molar-refractivity contribution >= 4 is 11.3 Å². The lowest BCUT2D eigenvalue weighted by Crippen LogP contribution is -2.50. The molecule has 1 aliphatic heterocycles. The topological polar surface area (TPSA) is 28.2 Å². The number of thiazole rings is 1. The lowest BCUT2D eigenvalue weighted by atomic mass is 9.88. The van der Waals surface area contributed by atoms with Crippen molar-refractivity contribution in [3.8, 4) is 0 Å². The Hall–Kier alpha value is -0.450. The quantitative estimate of drug-likeness (QED) is 0.896. The predicted molar refractivity (Wildman–Crippen MR) is 73.7 cm³/mol. The number of rotatable bonds is 3. The summed E-state index contributed by atoms with van der Waals surface area (Å²) in [5, 5.41) is 4.99. The first-order chi connectivity index (χ1) is 8.07. The zero-order valence-electron chi connectivity index (χ0n) is 11.3. The van der Waals surface area contributed by atoms with E-state index < -0.39 is 0 Å². The van der Waals surface area contributed by atoms with E-state index in [0.29, 0.717) is 0 Å². The van der Waals surface area contributed by atoms with E-state index in [2.05, 4.69) is 38.0 Å². The van der Waals surface area contributed by atoms with Crippen molar-refractivity contribution in [3.63, 3.8) is 0 Å². The molecule has 0 aliphatic carbocycles. The van der Waals surface area contributed by atoms with E-state index in [4.69, 9.17) is 4.98 Å². The van der Waals surface area contributed by atoms with Gasteiger partial charge in [0.2, 0.25) is 0 Å². The van der Waals surface area contributed by atoms with Gasteiger partial charge in [-0.1, -0.05) is 6.92 Å². The highest BCUT2D eigenvalue weighted by molar-refractivity contribution is 7.11. The summed E-state index contributed by atoms with van der Waals surface area (Å²) < 4.78 is 0. The molecule has 0 atom stereocenters. The molecule has 0 spiro atoms. The van der Waals surface area contributed by atoms with Crippen LogP contribution >= 0.6 is 11.3 Å². The van der Waals surface area contributed by atoms with Crippen LogP contribution in [-0.2, 0) is 5.54 Å². The normalized spacial score (nSPS) is 20.7. The molecule has 1 saturated heterocycles. The van der Waals surface area contributed by atoms with Gasteiger partial charge in [-0.15, -0.1) is 11.3 Å². The Labute approximate surface area is 108 Å². The molecule has 1 fully saturated rings. The maximum absolute atomic E-state index is 4.79. The average molecular weight is 253 g/mol. The van der Waals surface area contributed by atoms with Gasteiger partial charge in [0, 0.05) is 18.0 Å². The van der Waals surface area contributed by atoms with Crippen LogP contribution in [0.1, 0.15) is 35.3 Å². The number of nitrogens with one attached hydrogen (secondary N) is 1. The third kappa shape index (κ3) is 2.54. The second kappa shape index (κ2) is 5.04. The molecule has 0 bridgehead atoms. The van der Waals surface area contributed by atoms with Crippen LogP contribution in [0.2, 0.25) is 0 Å². The predicted octanol–water partition coefficient (Wildman–Crippen LogP) is 2.29. The molecular weight excluding hydrogens is 230 g/mol. The molecule has 2 rings (SSSR count). The average Bonchev–Trinajstić information content (AvgIpc) is 2.64. The number of hydrogen-bond donors (Lipinski definition) is 1. The van der Waals surface area contributed by atoms with Crippen LogP contribution in [0.5, 0.6) is 0 Å². The largest absolute Gasteiger partial charge is 0.306 e. The van der Waals surface area contributed by atoms with E-state index >= 15 is 0 Å². The Bertz CT molecular complexity index is 359. The second-order valence-electron chi connectivity index (χ2n) is 5.08. The van der Waals surface area contributed by atoms with Gasteiger partial charge in [-0.25, -0.2) is 4.98 Å². The maximum atomic E-state index is 4.79. The fourth-order valence-corrected chi connectivity index (χ4v) is 3.62. The first-order valence-corrected chi connectivity index (χ1v) is 7.27. The summed E-state index contributed by atoms with van der Waals surface area (Å²) in [4.78, 5) is 8.55. The van der Waals surface area contributed by atoms with Crippen LogP contribution in [0.4, 0.5) is 0 Å². The molecule has 1 aromatic rings. The SMILES string of the molecule is CCNC1(c2nc(C)c(C)s2)CCN(C)CC1. The highest BCUT2D eigenvalue weighted by atomic mass is 32.1. The molecule has 0 amide bonds. The standard InChI is InChI=1S/C13H23N3S/c1-5-14-13(6-8-16(4)9-7-13)12-15-10(2)11(3)17-12/h14H,5-9H2,1-4H3. The monoisotopic (exact) mass is 253 g/mol. The van der Waals surface area contributed by atoms with E-state index in [1.54, 1.807) is 0 Å². The highest BCUT2D eigenvalue weighted by Crippen LogP contribution is 2.35. The van der Waals surface area contributed by atoms with E-state index in [0.717, 1.165) is 19.6 Å². The van der Waals surface area contributed by atoms with Crippen LogP contribution < -0.4 is 5.32 Å². The van der Waals surface area contributed by atoms with E-state index in [1.807, 2.05) is 11.3 Å². The molecule has 4 heteroatoms. The van der Waals surface area contributed by atoms with Crippen LogP contribution in [0.25, 0.3) is 0 Å². The van der Waals surface area contributed by atoms with Gasteiger partial charge in [0.25, 0.3) is 0 Å². The van der Waals surface area contributed by atoms with Gasteiger partial charge < -0.3 is 10.2 Å². The van der Waals surface area contributed by atoms with E-state index in [1.165, 1.54) is 28.4 Å². The molecule has 0 unspecified atom stereocenters. The summed E-state index contributed by atoms with van der Waals surface area (Å²) in [6.45, 7) is 9.80. The zero-order valence-corrected chi connectivity index (χ0v) is 12.2. The van der Waals surface area contributed by atoms with Gasteiger partial charge in [0.05, 0.1) is 11.2 Å².